The van der Waals surface area contributed by atoms with Crippen LogP contribution in [0.25, 0.3) is 22.2 Å². The van der Waals surface area contributed by atoms with Gasteiger partial charge in [-0.05, 0) is 31.0 Å². The van der Waals surface area contributed by atoms with Crippen molar-refractivity contribution in [3.63, 3.8) is 0 Å². The summed E-state index contributed by atoms with van der Waals surface area (Å²) in [5, 5.41) is 1.07. The summed E-state index contributed by atoms with van der Waals surface area (Å²) in [6.07, 6.45) is 8.05. The lowest BCUT2D eigenvalue weighted by atomic mass is 10.2. The van der Waals surface area contributed by atoms with Crippen molar-refractivity contribution in [1.82, 2.24) is 14.5 Å². The smallest absolute Gasteiger partial charge is 0.132 e. The molecule has 0 aromatic carbocycles. The van der Waals surface area contributed by atoms with Gasteiger partial charge in [0.15, 0.2) is 0 Å². The Morgan fingerprint density at radius 2 is 2.14 bits per heavy atom. The number of hydrogen-bond donors (Lipinski definition) is 1. The molecule has 2 N–H and O–H groups in total. The molecular weight excluding hydrogens is 264 g/mol. The van der Waals surface area contributed by atoms with Gasteiger partial charge in [-0.15, -0.1) is 0 Å². The van der Waals surface area contributed by atoms with E-state index in [1.165, 1.54) is 0 Å². The van der Waals surface area contributed by atoms with Crippen LogP contribution >= 0.6 is 0 Å². The van der Waals surface area contributed by atoms with Gasteiger partial charge >= 0.3 is 0 Å². The van der Waals surface area contributed by atoms with Crippen LogP contribution in [0.3, 0.4) is 0 Å². The number of aryl methyl sites for hydroxylation is 1. The summed E-state index contributed by atoms with van der Waals surface area (Å²) in [5.74, 6) is 1.42. The van der Waals surface area contributed by atoms with Gasteiger partial charge in [-0.25, -0.2) is 4.98 Å². The van der Waals surface area contributed by atoms with Crippen molar-refractivity contribution in [2.45, 2.75) is 18.9 Å². The lowest BCUT2D eigenvalue weighted by molar-refractivity contribution is 0.304. The van der Waals surface area contributed by atoms with E-state index in [0.717, 1.165) is 40.8 Å². The molecule has 0 radical (unpaired) electrons. The maximum absolute atomic E-state index is 5.99. The van der Waals surface area contributed by atoms with Crippen molar-refractivity contribution in [3.05, 3.63) is 36.8 Å². The Bertz CT molecular complexity index is 820. The molecule has 0 saturated heterocycles. The number of anilines is 1. The first-order chi connectivity index (χ1) is 10.2. The van der Waals surface area contributed by atoms with E-state index in [1.54, 1.807) is 12.4 Å². The summed E-state index contributed by atoms with van der Waals surface area (Å²) in [5.41, 5.74) is 8.87. The van der Waals surface area contributed by atoms with E-state index < -0.39 is 0 Å². The highest BCUT2D eigenvalue weighted by Gasteiger charge is 2.25. The van der Waals surface area contributed by atoms with Gasteiger partial charge in [-0.3, -0.25) is 4.98 Å². The fourth-order valence-corrected chi connectivity index (χ4v) is 2.55. The van der Waals surface area contributed by atoms with Crippen LogP contribution in [0.15, 0.2) is 36.8 Å². The summed E-state index contributed by atoms with van der Waals surface area (Å²) in [4.78, 5) is 8.41. The van der Waals surface area contributed by atoms with Crippen LogP contribution in [0.1, 0.15) is 12.8 Å². The fraction of sp³-hybridized carbons (Fsp3) is 0.250. The van der Waals surface area contributed by atoms with Crippen LogP contribution in [0.5, 0.6) is 5.75 Å². The zero-order valence-corrected chi connectivity index (χ0v) is 11.8. The van der Waals surface area contributed by atoms with Crippen molar-refractivity contribution in [3.8, 4) is 17.0 Å². The molecule has 1 aliphatic rings. The first-order valence-electron chi connectivity index (χ1n) is 7.04. The van der Waals surface area contributed by atoms with Crippen molar-refractivity contribution < 1.29 is 4.74 Å². The maximum Gasteiger partial charge on any atom is 0.132 e. The quantitative estimate of drug-likeness (QED) is 0.801. The third kappa shape index (κ3) is 2.11. The first-order valence-corrected chi connectivity index (χ1v) is 7.04. The number of nitrogens with two attached hydrogens (primary N) is 1. The normalized spacial score (nSPS) is 14.5. The molecule has 3 heterocycles. The molecule has 1 fully saturated rings. The van der Waals surface area contributed by atoms with Gasteiger partial charge in [0.1, 0.15) is 11.6 Å². The average molecular weight is 280 g/mol. The number of nitrogens with zero attached hydrogens (tertiary/aromatic N) is 3. The number of rotatable bonds is 3. The first kappa shape index (κ1) is 12.2. The molecule has 3 aromatic rings. The highest BCUT2D eigenvalue weighted by Crippen LogP contribution is 2.36. The summed E-state index contributed by atoms with van der Waals surface area (Å²) >= 11 is 0. The van der Waals surface area contributed by atoms with E-state index >= 15 is 0 Å². The molecule has 0 spiro atoms. The predicted octanol–water partition coefficient (Wildman–Crippen LogP) is 2.76. The van der Waals surface area contributed by atoms with Gasteiger partial charge in [0.2, 0.25) is 0 Å². The van der Waals surface area contributed by atoms with E-state index in [-0.39, 0.29) is 0 Å². The van der Waals surface area contributed by atoms with Crippen molar-refractivity contribution in [2.75, 3.05) is 5.73 Å². The molecular formula is C16H16N4O. The SMILES string of the molecule is Cn1c(-c2cnccc2OC2CC2)cc2cc(N)ncc21. The Morgan fingerprint density at radius 1 is 1.29 bits per heavy atom. The molecule has 0 atom stereocenters. The zero-order chi connectivity index (χ0) is 14.4. The van der Waals surface area contributed by atoms with Crippen LogP contribution in [0.4, 0.5) is 5.82 Å². The van der Waals surface area contributed by atoms with E-state index in [2.05, 4.69) is 20.6 Å². The molecule has 0 amide bonds. The van der Waals surface area contributed by atoms with Crippen LogP contribution in [0, 0.1) is 0 Å². The number of ether oxygens (including phenoxy) is 1. The van der Waals surface area contributed by atoms with Crippen LogP contribution < -0.4 is 10.5 Å². The van der Waals surface area contributed by atoms with Crippen LogP contribution in [-0.4, -0.2) is 20.6 Å². The number of fused-ring (bicyclic) bond motifs is 1. The Labute approximate surface area is 122 Å². The van der Waals surface area contributed by atoms with E-state index in [4.69, 9.17) is 10.5 Å². The van der Waals surface area contributed by atoms with Gasteiger partial charge in [0.05, 0.1) is 29.1 Å². The third-order valence-corrected chi connectivity index (χ3v) is 3.83. The predicted molar refractivity (Wildman–Crippen MR) is 82.0 cm³/mol. The monoisotopic (exact) mass is 280 g/mol. The summed E-state index contributed by atoms with van der Waals surface area (Å²) in [6, 6.07) is 5.92. The lowest BCUT2D eigenvalue weighted by Gasteiger charge is -2.11. The molecule has 0 bridgehead atoms. The van der Waals surface area contributed by atoms with Gasteiger partial charge in [0, 0.05) is 24.8 Å². The Morgan fingerprint density at radius 3 is 2.95 bits per heavy atom. The van der Waals surface area contributed by atoms with E-state index in [1.807, 2.05) is 25.4 Å². The number of hydrogen-bond acceptors (Lipinski definition) is 4. The third-order valence-electron chi connectivity index (χ3n) is 3.83. The summed E-state index contributed by atoms with van der Waals surface area (Å²) in [7, 11) is 2.02. The number of pyridine rings is 2. The second-order valence-corrected chi connectivity index (χ2v) is 5.45. The Balaban J connectivity index is 1.87. The topological polar surface area (TPSA) is 66.0 Å². The lowest BCUT2D eigenvalue weighted by Crippen LogP contribution is -2.00. The van der Waals surface area contributed by atoms with Crippen molar-refractivity contribution in [1.29, 1.82) is 0 Å². The minimum absolute atomic E-state index is 0.359. The molecule has 1 aliphatic carbocycles. The Hall–Kier alpha value is -2.56. The van der Waals surface area contributed by atoms with Gasteiger partial charge in [-0.2, -0.15) is 0 Å². The highest BCUT2D eigenvalue weighted by atomic mass is 16.5. The van der Waals surface area contributed by atoms with E-state index in [9.17, 15) is 0 Å². The van der Waals surface area contributed by atoms with Gasteiger partial charge in [0.25, 0.3) is 0 Å². The highest BCUT2D eigenvalue weighted by molar-refractivity contribution is 5.88. The van der Waals surface area contributed by atoms with Crippen LogP contribution in [-0.2, 0) is 7.05 Å². The molecule has 1 saturated carbocycles. The molecule has 5 heteroatoms. The molecule has 106 valence electrons. The minimum atomic E-state index is 0.359. The van der Waals surface area contributed by atoms with Gasteiger partial charge in [-0.1, -0.05) is 0 Å². The molecule has 21 heavy (non-hydrogen) atoms. The standard InChI is InChI=1S/C16H16N4O/c1-20-13(6-10-7-16(17)19-9-14(10)20)12-8-18-5-4-15(12)21-11-2-3-11/h4-9,11H,2-3H2,1H3,(H2,17,19). The van der Waals surface area contributed by atoms with Crippen molar-refractivity contribution in [2.24, 2.45) is 7.05 Å². The molecule has 4 rings (SSSR count). The maximum atomic E-state index is 5.99. The van der Waals surface area contributed by atoms with Crippen molar-refractivity contribution >= 4 is 16.7 Å². The summed E-state index contributed by atoms with van der Waals surface area (Å²) < 4.78 is 8.09. The fourth-order valence-electron chi connectivity index (χ4n) is 2.55. The zero-order valence-electron chi connectivity index (χ0n) is 11.8. The Kier molecular flexibility index (Phi) is 2.60. The minimum Gasteiger partial charge on any atom is -0.490 e. The molecule has 0 aliphatic heterocycles. The van der Waals surface area contributed by atoms with E-state index in [0.29, 0.717) is 11.9 Å². The van der Waals surface area contributed by atoms with Gasteiger partial charge < -0.3 is 15.0 Å². The largest absolute Gasteiger partial charge is 0.490 e. The molecule has 0 unspecified atom stereocenters. The second kappa shape index (κ2) is 4.48. The molecule has 5 nitrogen and oxygen atoms in total. The van der Waals surface area contributed by atoms with Crippen LogP contribution in [0.2, 0.25) is 0 Å². The number of aromatic nitrogens is 3. The summed E-state index contributed by atoms with van der Waals surface area (Å²) in [6.45, 7) is 0. The molecule has 3 aromatic heterocycles. The average Bonchev–Trinajstić information content (AvgIpc) is 3.23. The second-order valence-electron chi connectivity index (χ2n) is 5.45. The number of nitrogen functional groups attached to an aromatic ring is 1.